The second-order valence-corrected chi connectivity index (χ2v) is 5.85. The second-order valence-electron chi connectivity index (χ2n) is 5.85. The third kappa shape index (κ3) is 3.37. The largest absolute Gasteiger partial charge is 0.493 e. The maximum absolute atomic E-state index is 12.8. The quantitative estimate of drug-likeness (QED) is 0.813. The van der Waals surface area contributed by atoms with Crippen LogP contribution >= 0.6 is 0 Å². The lowest BCUT2D eigenvalue weighted by Crippen LogP contribution is -2.42. The normalized spacial score (nSPS) is 16.2. The number of carbonyl (C=O) groups excluding carboxylic acids is 1. The monoisotopic (exact) mass is 329 g/mol. The lowest BCUT2D eigenvalue weighted by Gasteiger charge is -2.30. The van der Waals surface area contributed by atoms with E-state index in [4.69, 9.17) is 9.47 Å². The molecule has 3 rings (SSSR count). The summed E-state index contributed by atoms with van der Waals surface area (Å²) in [7, 11) is 1.63. The number of benzene rings is 1. The fourth-order valence-corrected chi connectivity index (χ4v) is 3.05. The van der Waals surface area contributed by atoms with Crippen LogP contribution in [0.25, 0.3) is 0 Å². The molecular weight excluding hydrogens is 306 g/mol. The third-order valence-corrected chi connectivity index (χ3v) is 4.38. The van der Waals surface area contributed by atoms with E-state index < -0.39 is 0 Å². The van der Waals surface area contributed by atoms with Crippen LogP contribution in [-0.2, 0) is 17.8 Å². The molecule has 0 saturated heterocycles. The maximum Gasteiger partial charge on any atom is 0.229 e. The fourth-order valence-electron chi connectivity index (χ4n) is 3.05. The smallest absolute Gasteiger partial charge is 0.229 e. The first-order valence-corrected chi connectivity index (χ1v) is 8.27. The topological polar surface area (TPSA) is 56.6 Å². The molecule has 24 heavy (non-hydrogen) atoms. The summed E-state index contributed by atoms with van der Waals surface area (Å²) in [5.74, 6) is 1.48. The SMILES string of the molecule is CCN(CCn1cccn1)C(=O)[C@H]1COc2c(cccc2OC)C1. The predicted molar refractivity (Wildman–Crippen MR) is 90.2 cm³/mol. The molecule has 128 valence electrons. The number of aromatic nitrogens is 2. The van der Waals surface area contributed by atoms with Crippen molar-refractivity contribution in [1.82, 2.24) is 14.7 Å². The van der Waals surface area contributed by atoms with Gasteiger partial charge in [0.05, 0.1) is 19.6 Å². The highest BCUT2D eigenvalue weighted by molar-refractivity contribution is 5.80. The van der Waals surface area contributed by atoms with Crippen molar-refractivity contribution < 1.29 is 14.3 Å². The van der Waals surface area contributed by atoms with Gasteiger partial charge in [-0.25, -0.2) is 0 Å². The average Bonchev–Trinajstić information content (AvgIpc) is 3.14. The zero-order valence-corrected chi connectivity index (χ0v) is 14.1. The predicted octanol–water partition coefficient (Wildman–Crippen LogP) is 1.99. The number of methoxy groups -OCH3 is 1. The highest BCUT2D eigenvalue weighted by Gasteiger charge is 2.30. The summed E-state index contributed by atoms with van der Waals surface area (Å²) in [4.78, 5) is 14.7. The Morgan fingerprint density at radius 3 is 3.04 bits per heavy atom. The van der Waals surface area contributed by atoms with Crippen molar-refractivity contribution in [3.05, 3.63) is 42.2 Å². The van der Waals surface area contributed by atoms with E-state index in [0.717, 1.165) is 17.1 Å². The average molecular weight is 329 g/mol. The van der Waals surface area contributed by atoms with Gasteiger partial charge in [-0.05, 0) is 31.0 Å². The Hall–Kier alpha value is -2.50. The van der Waals surface area contributed by atoms with Gasteiger partial charge in [0.25, 0.3) is 0 Å². The van der Waals surface area contributed by atoms with E-state index in [1.807, 2.05) is 47.0 Å². The van der Waals surface area contributed by atoms with Gasteiger partial charge in [-0.15, -0.1) is 0 Å². The number of hydrogen-bond donors (Lipinski definition) is 0. The summed E-state index contributed by atoms with van der Waals surface area (Å²) in [5.41, 5.74) is 1.03. The zero-order chi connectivity index (χ0) is 16.9. The van der Waals surface area contributed by atoms with E-state index in [1.165, 1.54) is 0 Å². The van der Waals surface area contributed by atoms with Gasteiger partial charge in [-0.2, -0.15) is 5.10 Å². The molecule has 0 aliphatic carbocycles. The van der Waals surface area contributed by atoms with Gasteiger partial charge in [-0.1, -0.05) is 12.1 Å². The van der Waals surface area contributed by atoms with Crippen LogP contribution in [0.3, 0.4) is 0 Å². The fraction of sp³-hybridized carbons (Fsp3) is 0.444. The van der Waals surface area contributed by atoms with Gasteiger partial charge < -0.3 is 14.4 Å². The van der Waals surface area contributed by atoms with Crippen LogP contribution in [0, 0.1) is 5.92 Å². The Bertz CT molecular complexity index is 685. The van der Waals surface area contributed by atoms with Crippen molar-refractivity contribution in [2.75, 3.05) is 26.8 Å². The molecule has 0 saturated carbocycles. The summed E-state index contributed by atoms with van der Waals surface area (Å²) in [6.45, 7) is 4.43. The highest BCUT2D eigenvalue weighted by atomic mass is 16.5. The molecule has 1 aliphatic rings. The molecule has 6 heteroatoms. The summed E-state index contributed by atoms with van der Waals surface area (Å²) >= 11 is 0. The Kier molecular flexibility index (Phi) is 5.03. The molecule has 0 fully saturated rings. The van der Waals surface area contributed by atoms with E-state index in [9.17, 15) is 4.79 Å². The van der Waals surface area contributed by atoms with Crippen LogP contribution < -0.4 is 9.47 Å². The number of carbonyl (C=O) groups is 1. The first kappa shape index (κ1) is 16.4. The minimum Gasteiger partial charge on any atom is -0.493 e. The van der Waals surface area contributed by atoms with E-state index in [-0.39, 0.29) is 11.8 Å². The Morgan fingerprint density at radius 1 is 1.46 bits per heavy atom. The number of hydrogen-bond acceptors (Lipinski definition) is 4. The minimum absolute atomic E-state index is 0.137. The van der Waals surface area contributed by atoms with Crippen molar-refractivity contribution >= 4 is 5.91 Å². The Morgan fingerprint density at radius 2 is 2.33 bits per heavy atom. The minimum atomic E-state index is -0.151. The summed E-state index contributed by atoms with van der Waals surface area (Å²) in [6, 6.07) is 7.70. The molecular formula is C18H23N3O3. The second kappa shape index (κ2) is 7.38. The van der Waals surface area contributed by atoms with E-state index in [0.29, 0.717) is 32.7 Å². The van der Waals surface area contributed by atoms with Crippen molar-refractivity contribution in [3.8, 4) is 11.5 Å². The summed E-state index contributed by atoms with van der Waals surface area (Å²) in [6.07, 6.45) is 4.34. The third-order valence-electron chi connectivity index (χ3n) is 4.38. The van der Waals surface area contributed by atoms with E-state index >= 15 is 0 Å². The molecule has 1 aromatic heterocycles. The molecule has 6 nitrogen and oxygen atoms in total. The number of likely N-dealkylation sites (N-methyl/N-ethyl adjacent to an activating group) is 1. The lowest BCUT2D eigenvalue weighted by molar-refractivity contribution is -0.136. The first-order valence-electron chi connectivity index (χ1n) is 8.27. The molecule has 2 heterocycles. The Labute approximate surface area is 142 Å². The summed E-state index contributed by atoms with van der Waals surface area (Å²) < 4.78 is 13.0. The van der Waals surface area contributed by atoms with Crippen LogP contribution in [0.5, 0.6) is 11.5 Å². The molecule has 0 spiro atoms. The molecule has 0 N–H and O–H groups in total. The van der Waals surface area contributed by atoms with Crippen LogP contribution in [0.15, 0.2) is 36.7 Å². The Balaban J connectivity index is 1.65. The van der Waals surface area contributed by atoms with E-state index in [2.05, 4.69) is 5.10 Å². The lowest BCUT2D eigenvalue weighted by atomic mass is 9.95. The van der Waals surface area contributed by atoms with Gasteiger partial charge in [0.15, 0.2) is 11.5 Å². The van der Waals surface area contributed by atoms with Crippen LogP contribution in [0.4, 0.5) is 0 Å². The molecule has 1 aromatic carbocycles. The molecule has 2 aromatic rings. The van der Waals surface area contributed by atoms with Gasteiger partial charge in [0, 0.05) is 25.5 Å². The molecule has 1 amide bonds. The van der Waals surface area contributed by atoms with Crippen molar-refractivity contribution in [2.45, 2.75) is 19.9 Å². The summed E-state index contributed by atoms with van der Waals surface area (Å²) in [5, 5.41) is 4.18. The van der Waals surface area contributed by atoms with Crippen LogP contribution in [0.1, 0.15) is 12.5 Å². The number of nitrogens with zero attached hydrogens (tertiary/aromatic N) is 3. The number of amides is 1. The number of rotatable bonds is 6. The number of para-hydroxylation sites is 1. The van der Waals surface area contributed by atoms with Crippen molar-refractivity contribution in [1.29, 1.82) is 0 Å². The van der Waals surface area contributed by atoms with Crippen molar-refractivity contribution in [3.63, 3.8) is 0 Å². The van der Waals surface area contributed by atoms with Gasteiger partial charge in [0.2, 0.25) is 5.91 Å². The van der Waals surface area contributed by atoms with Crippen LogP contribution in [0.2, 0.25) is 0 Å². The molecule has 1 aliphatic heterocycles. The van der Waals surface area contributed by atoms with Crippen molar-refractivity contribution in [2.24, 2.45) is 5.92 Å². The molecule has 0 unspecified atom stereocenters. The number of ether oxygens (including phenoxy) is 2. The molecule has 1 atom stereocenters. The van der Waals surface area contributed by atoms with Gasteiger partial charge >= 0.3 is 0 Å². The first-order chi connectivity index (χ1) is 11.7. The standard InChI is InChI=1S/C18H23N3O3/c1-3-20(10-11-21-9-5-8-19-21)18(22)15-12-14-6-4-7-16(23-2)17(14)24-13-15/h4-9,15H,3,10-13H2,1-2H3/t15-/m1/s1. The van der Waals surface area contributed by atoms with E-state index in [1.54, 1.807) is 13.3 Å². The zero-order valence-electron chi connectivity index (χ0n) is 14.1. The highest BCUT2D eigenvalue weighted by Crippen LogP contribution is 2.36. The number of fused-ring (bicyclic) bond motifs is 1. The molecule has 0 bridgehead atoms. The van der Waals surface area contributed by atoms with Crippen LogP contribution in [-0.4, -0.2) is 47.4 Å². The molecule has 0 radical (unpaired) electrons. The van der Waals surface area contributed by atoms with Gasteiger partial charge in [0.1, 0.15) is 6.61 Å². The van der Waals surface area contributed by atoms with Gasteiger partial charge in [-0.3, -0.25) is 9.48 Å². The maximum atomic E-state index is 12.8.